The Morgan fingerprint density at radius 3 is 1.32 bits per heavy atom. The third-order valence-electron chi connectivity index (χ3n) is 12.3. The van der Waals surface area contributed by atoms with E-state index in [1.165, 1.54) is 105 Å². The second-order valence-corrected chi connectivity index (χ2v) is 18.1. The maximum atomic E-state index is 2.56. The van der Waals surface area contributed by atoms with E-state index in [1.54, 1.807) is 0 Å². The van der Waals surface area contributed by atoms with E-state index < -0.39 is 5.41 Å². The Morgan fingerprint density at radius 1 is 0.434 bits per heavy atom. The van der Waals surface area contributed by atoms with E-state index in [-0.39, 0.29) is 25.0 Å². The van der Waals surface area contributed by atoms with Gasteiger partial charge in [-0.2, -0.15) is 0 Å². The highest BCUT2D eigenvalue weighted by Crippen LogP contribution is 2.63. The lowest BCUT2D eigenvalue weighted by Gasteiger charge is -2.33. The second kappa shape index (κ2) is 12.5. The summed E-state index contributed by atoms with van der Waals surface area (Å²) in [5.41, 5.74) is 25.9. The van der Waals surface area contributed by atoms with Crippen molar-refractivity contribution in [2.45, 2.75) is 107 Å². The fourth-order valence-electron chi connectivity index (χ4n) is 10.2. The van der Waals surface area contributed by atoms with Gasteiger partial charge in [0.1, 0.15) is 0 Å². The van der Waals surface area contributed by atoms with Crippen LogP contribution in [0.4, 0.5) is 0 Å². The van der Waals surface area contributed by atoms with Crippen LogP contribution in [0, 0.1) is 41.5 Å². The Kier molecular flexibility index (Phi) is 8.65. The molecule has 2 aliphatic rings. The number of fused-ring (bicyclic) bond motifs is 10. The highest BCUT2D eigenvalue weighted by molar-refractivity contribution is 6.97. The summed E-state index contributed by atoms with van der Waals surface area (Å²) in [6.45, 7) is 27.9. The van der Waals surface area contributed by atoms with Crippen LogP contribution in [0.25, 0.3) is 22.3 Å². The first-order valence-corrected chi connectivity index (χ1v) is 19.2. The van der Waals surface area contributed by atoms with Gasteiger partial charge in [-0.25, -0.2) is 0 Å². The van der Waals surface area contributed by atoms with Crippen LogP contribution in [0.3, 0.4) is 0 Å². The van der Waals surface area contributed by atoms with Gasteiger partial charge >= 0.3 is 0 Å². The molecule has 0 aliphatic heterocycles. The molecule has 0 heterocycles. The molecule has 268 valence electrons. The Labute approximate surface area is 320 Å². The molecule has 0 N–H and O–H groups in total. The summed E-state index contributed by atoms with van der Waals surface area (Å²) in [5.74, 6) is 0. The summed E-state index contributed by atoms with van der Waals surface area (Å²) >= 11 is 0. The smallest absolute Gasteiger partial charge is 0.0776 e. The Hall–Kier alpha value is -4.62. The van der Waals surface area contributed by atoms with E-state index in [1.807, 2.05) is 0 Å². The average Bonchev–Trinajstić information content (AvgIpc) is 3.53. The van der Waals surface area contributed by atoms with Crippen LogP contribution in [-0.4, -0.2) is 6.71 Å². The lowest BCUT2D eigenvalue weighted by Crippen LogP contribution is -2.56. The number of aryl methyl sites for hydroxylation is 6. The lowest BCUT2D eigenvalue weighted by atomic mass is 9.33. The maximum Gasteiger partial charge on any atom is 0.243 e. The molecule has 0 nitrogen and oxygen atoms in total. The Morgan fingerprint density at radius 2 is 0.868 bits per heavy atom. The molecular weight excluding hydrogens is 635 g/mol. The zero-order valence-corrected chi connectivity index (χ0v) is 33.4. The third kappa shape index (κ3) is 5.40. The molecule has 53 heavy (non-hydrogen) atoms. The fraction of sp³-hybridized carbons (Fsp3) is 0.308. The van der Waals surface area contributed by atoms with Gasteiger partial charge in [-0.1, -0.05) is 202 Å². The molecule has 0 bridgehead atoms. The van der Waals surface area contributed by atoms with Gasteiger partial charge in [0.05, 0.1) is 5.41 Å². The lowest BCUT2D eigenvalue weighted by molar-refractivity contribution is 0.586. The molecular formula is C52H57B. The number of benzene rings is 6. The third-order valence-corrected chi connectivity index (χ3v) is 12.3. The number of hydrogen-bond donors (Lipinski definition) is 0. The molecule has 0 fully saturated rings. The predicted octanol–water partition coefficient (Wildman–Crippen LogP) is 11.6. The topological polar surface area (TPSA) is 0 Å². The zero-order valence-electron chi connectivity index (χ0n) is 33.4. The standard InChI is InChI=1S/C51H53B.CH4/c1-30-24-32(3)47(33(4)25-30)52(48-34(5)26-31(2)27-35(48)6)45-19-15-18-42-46(45)40-16-13-14-17-41(40)51(42)43-28-36(49(7,8)9)20-22-38(43)39-23-21-37(29-44(39)51)50(10,11)12;/h13-29H,1-12H3;1H4. The van der Waals surface area contributed by atoms with Crippen LogP contribution >= 0.6 is 0 Å². The largest absolute Gasteiger partial charge is 0.243 e. The van der Waals surface area contributed by atoms with Crippen molar-refractivity contribution in [3.05, 3.63) is 170 Å². The van der Waals surface area contributed by atoms with Crippen molar-refractivity contribution in [3.63, 3.8) is 0 Å². The molecule has 0 atom stereocenters. The van der Waals surface area contributed by atoms with Gasteiger partial charge in [-0.05, 0) is 108 Å². The normalized spacial score (nSPS) is 13.7. The van der Waals surface area contributed by atoms with Crippen LogP contribution in [0.15, 0.2) is 103 Å². The highest BCUT2D eigenvalue weighted by atomic mass is 14.5. The van der Waals surface area contributed by atoms with Gasteiger partial charge in [-0.15, -0.1) is 0 Å². The molecule has 0 saturated heterocycles. The molecule has 0 saturated carbocycles. The quantitative estimate of drug-likeness (QED) is 0.162. The van der Waals surface area contributed by atoms with E-state index in [4.69, 9.17) is 0 Å². The van der Waals surface area contributed by atoms with Crippen molar-refractivity contribution < 1.29 is 0 Å². The predicted molar refractivity (Wildman–Crippen MR) is 233 cm³/mol. The van der Waals surface area contributed by atoms with Crippen molar-refractivity contribution in [2.75, 3.05) is 0 Å². The highest BCUT2D eigenvalue weighted by Gasteiger charge is 2.53. The Bertz CT molecular complexity index is 2270. The molecule has 2 aliphatic carbocycles. The zero-order chi connectivity index (χ0) is 37.1. The minimum atomic E-state index is -0.422. The van der Waals surface area contributed by atoms with Crippen molar-refractivity contribution in [1.29, 1.82) is 0 Å². The van der Waals surface area contributed by atoms with Crippen LogP contribution in [0.1, 0.15) is 116 Å². The SMILES string of the molecule is C.Cc1cc(C)c(B(c2cccc3c2-c2ccccc2C32c3cc(C(C)(C)C)ccc3-c3ccc(C(C)(C)C)cc32)c2c(C)cc(C)cc2C)c(C)c1. The monoisotopic (exact) mass is 692 g/mol. The summed E-state index contributed by atoms with van der Waals surface area (Å²) in [6.07, 6.45) is 0. The van der Waals surface area contributed by atoms with E-state index >= 15 is 0 Å². The van der Waals surface area contributed by atoms with Gasteiger partial charge in [0, 0.05) is 0 Å². The first-order chi connectivity index (χ1) is 24.5. The van der Waals surface area contributed by atoms with Crippen LogP contribution in [-0.2, 0) is 16.2 Å². The summed E-state index contributed by atoms with van der Waals surface area (Å²) in [4.78, 5) is 0. The maximum absolute atomic E-state index is 2.56. The molecule has 0 aromatic heterocycles. The van der Waals surface area contributed by atoms with Crippen molar-refractivity contribution in [1.82, 2.24) is 0 Å². The first-order valence-electron chi connectivity index (χ1n) is 19.2. The number of rotatable bonds is 3. The molecule has 0 amide bonds. The van der Waals surface area contributed by atoms with Crippen LogP contribution < -0.4 is 16.4 Å². The summed E-state index contributed by atoms with van der Waals surface area (Å²) in [6, 6.07) is 40.9. The van der Waals surface area contributed by atoms with E-state index in [2.05, 4.69) is 186 Å². The Balaban J connectivity index is 0.00000435. The van der Waals surface area contributed by atoms with Gasteiger partial charge in [0.25, 0.3) is 0 Å². The summed E-state index contributed by atoms with van der Waals surface area (Å²) < 4.78 is 0. The fourth-order valence-corrected chi connectivity index (χ4v) is 10.2. The van der Waals surface area contributed by atoms with Crippen LogP contribution in [0.2, 0.25) is 0 Å². The first kappa shape index (κ1) is 36.7. The van der Waals surface area contributed by atoms with Crippen LogP contribution in [0.5, 0.6) is 0 Å². The minimum absolute atomic E-state index is 0. The van der Waals surface area contributed by atoms with Crippen molar-refractivity contribution in [3.8, 4) is 22.3 Å². The summed E-state index contributed by atoms with van der Waals surface area (Å²) in [5, 5.41) is 0. The number of hydrogen-bond acceptors (Lipinski definition) is 0. The molecule has 8 rings (SSSR count). The van der Waals surface area contributed by atoms with E-state index in [0.717, 1.165) is 0 Å². The molecule has 6 aromatic rings. The molecule has 0 radical (unpaired) electrons. The van der Waals surface area contributed by atoms with Crippen molar-refractivity contribution in [2.24, 2.45) is 0 Å². The van der Waals surface area contributed by atoms with Gasteiger partial charge in [0.2, 0.25) is 6.71 Å². The van der Waals surface area contributed by atoms with Gasteiger partial charge < -0.3 is 0 Å². The molecule has 0 unspecified atom stereocenters. The van der Waals surface area contributed by atoms with E-state index in [0.29, 0.717) is 0 Å². The second-order valence-electron chi connectivity index (χ2n) is 18.1. The summed E-state index contributed by atoms with van der Waals surface area (Å²) in [7, 11) is 0. The van der Waals surface area contributed by atoms with Gasteiger partial charge in [0.15, 0.2) is 0 Å². The molecule has 1 spiro atoms. The average molecular weight is 693 g/mol. The van der Waals surface area contributed by atoms with E-state index in [9.17, 15) is 0 Å². The molecule has 1 heteroatoms. The molecule has 6 aromatic carbocycles. The van der Waals surface area contributed by atoms with Gasteiger partial charge in [-0.3, -0.25) is 0 Å². The minimum Gasteiger partial charge on any atom is -0.0776 e. The van der Waals surface area contributed by atoms with Crippen molar-refractivity contribution >= 4 is 23.1 Å².